The van der Waals surface area contributed by atoms with E-state index >= 15 is 0 Å². The fraction of sp³-hybridized carbons (Fsp3) is 0.648. The van der Waals surface area contributed by atoms with Crippen molar-refractivity contribution >= 4 is 160 Å². The molecule has 21 amide bonds. The Balaban J connectivity index is 6.79. The van der Waals surface area contributed by atoms with Crippen molar-refractivity contribution in [1.29, 1.82) is 10.8 Å². The van der Waals surface area contributed by atoms with Gasteiger partial charge in [-0.2, -0.15) is 11.8 Å². The van der Waals surface area contributed by atoms with E-state index in [0.717, 1.165) is 27.7 Å². The zero-order valence-electron chi connectivity index (χ0n) is 71.2. The number of carboxylic acid groups (broad SMARTS) is 2. The molecule has 42 N–H and O–H groups in total. The summed E-state index contributed by atoms with van der Waals surface area (Å²) in [4.78, 5) is 301. The van der Waals surface area contributed by atoms with Crippen molar-refractivity contribution in [3.05, 3.63) is 0 Å². The van der Waals surface area contributed by atoms with Crippen molar-refractivity contribution in [2.45, 2.75) is 240 Å². The zero-order valence-corrected chi connectivity index (χ0v) is 72.0. The van der Waals surface area contributed by atoms with Crippen LogP contribution in [0.3, 0.4) is 0 Å². The molecule has 0 heterocycles. The number of carbonyl (C=O) groups excluding carboxylic acids is 21. The van der Waals surface area contributed by atoms with Crippen molar-refractivity contribution in [3.63, 3.8) is 0 Å². The molecular weight excluding hydrogens is 1720 g/mol. The minimum absolute atomic E-state index is 0.0273. The van der Waals surface area contributed by atoms with Gasteiger partial charge in [-0.05, 0) is 123 Å². The van der Waals surface area contributed by atoms with Gasteiger partial charge in [0.2, 0.25) is 124 Å². The lowest BCUT2D eigenvalue weighted by Crippen LogP contribution is -2.61. The molecule has 0 spiro atoms. The van der Waals surface area contributed by atoms with Gasteiger partial charge in [0, 0.05) is 38.8 Å². The lowest BCUT2D eigenvalue weighted by Gasteiger charge is -2.28. The van der Waals surface area contributed by atoms with E-state index in [1.54, 1.807) is 6.26 Å². The Morgan fingerprint density at radius 2 is 0.602 bits per heavy atom. The highest BCUT2D eigenvalue weighted by Gasteiger charge is 2.38. The van der Waals surface area contributed by atoms with Crippen LogP contribution in [-0.4, -0.2) is 316 Å². The van der Waals surface area contributed by atoms with Gasteiger partial charge >= 0.3 is 11.9 Å². The molecule has 0 saturated heterocycles. The number of primary amides is 5. The van der Waals surface area contributed by atoms with E-state index in [4.69, 9.17) is 62.4 Å². The third-order valence-electron chi connectivity index (χ3n) is 18.1. The van der Waals surface area contributed by atoms with Crippen LogP contribution in [-0.2, 0) is 110 Å². The van der Waals surface area contributed by atoms with Gasteiger partial charge in [0.25, 0.3) is 0 Å². The minimum atomic E-state index is -2.00. The molecule has 0 aliphatic carbocycles. The van der Waals surface area contributed by atoms with E-state index < -0.39 is 316 Å². The number of thioether (sulfide) groups is 1. The molecule has 720 valence electrons. The summed E-state index contributed by atoms with van der Waals surface area (Å²) in [6.07, 6.45) is -4.77. The summed E-state index contributed by atoms with van der Waals surface area (Å²) >= 11 is 1.21. The van der Waals surface area contributed by atoms with Crippen LogP contribution in [0.25, 0.3) is 0 Å². The molecule has 0 unspecified atom stereocenters. The number of guanidine groups is 2. The van der Waals surface area contributed by atoms with Crippen LogP contribution in [0, 0.1) is 10.8 Å². The molecule has 0 aliphatic rings. The summed E-state index contributed by atoms with van der Waals surface area (Å²) in [5, 5.41) is 95.7. The van der Waals surface area contributed by atoms with Gasteiger partial charge in [-0.15, -0.1) is 0 Å². The van der Waals surface area contributed by atoms with Gasteiger partial charge < -0.3 is 168 Å². The molecule has 0 aromatic carbocycles. The van der Waals surface area contributed by atoms with E-state index in [0.29, 0.717) is 0 Å². The summed E-state index contributed by atoms with van der Waals surface area (Å²) in [6, 6.07) is -27.0. The normalized spacial score (nSPS) is 14.6. The third-order valence-corrected chi connectivity index (χ3v) is 18.8. The summed E-state index contributed by atoms with van der Waals surface area (Å²) < 4.78 is 0. The Kier molecular flexibility index (Phi) is 54.6. The predicted octanol–water partition coefficient (Wildman–Crippen LogP) is -16.3. The Labute approximate surface area is 737 Å². The largest absolute Gasteiger partial charge is 0.481 e. The molecule has 0 bridgehead atoms. The third kappa shape index (κ3) is 48.1. The van der Waals surface area contributed by atoms with Gasteiger partial charge in [-0.1, -0.05) is 0 Å². The molecule has 0 aromatic heterocycles. The first-order chi connectivity index (χ1) is 59.9. The molecule has 0 aliphatic heterocycles. The molecule has 0 aromatic rings. The molecule has 0 fully saturated rings. The highest BCUT2D eigenvalue weighted by Crippen LogP contribution is 2.12. The number of rotatable bonds is 66. The van der Waals surface area contributed by atoms with Gasteiger partial charge in [0.1, 0.15) is 90.6 Å². The van der Waals surface area contributed by atoms with E-state index in [1.807, 2.05) is 5.32 Å². The molecule has 0 radical (unpaired) electrons. The molecule has 0 rings (SSSR count). The van der Waals surface area contributed by atoms with Crippen LogP contribution in [0.15, 0.2) is 0 Å². The first-order valence-electron chi connectivity index (χ1n) is 39.9. The van der Waals surface area contributed by atoms with E-state index in [2.05, 4.69) is 90.4 Å². The Morgan fingerprint density at radius 3 is 0.945 bits per heavy atom. The van der Waals surface area contributed by atoms with E-state index in [-0.39, 0.29) is 89.6 Å². The van der Waals surface area contributed by atoms with Gasteiger partial charge in [0.05, 0.1) is 38.6 Å². The number of carbonyl (C=O) groups is 23. The topological polar surface area (TPSA) is 972 Å². The summed E-state index contributed by atoms with van der Waals surface area (Å²) in [6.45, 7) is 0.880. The van der Waals surface area contributed by atoms with Crippen LogP contribution in [0.1, 0.15) is 143 Å². The second kappa shape index (κ2) is 61.0. The second-order valence-corrected chi connectivity index (χ2v) is 30.0. The first kappa shape index (κ1) is 115. The first-order valence-corrected chi connectivity index (χ1v) is 41.3. The number of aliphatic hydroxyl groups is 2. The van der Waals surface area contributed by atoms with E-state index in [9.17, 15) is 131 Å². The lowest BCUT2D eigenvalue weighted by atomic mass is 10.0. The van der Waals surface area contributed by atoms with Crippen molar-refractivity contribution in [3.8, 4) is 0 Å². The fourth-order valence-electron chi connectivity index (χ4n) is 11.0. The number of unbranched alkanes of at least 4 members (excludes halogenated alkanes) is 1. The molecule has 16 atom stereocenters. The minimum Gasteiger partial charge on any atom is -0.481 e. The number of carboxylic acids is 2. The number of hydrogen-bond donors (Lipinski definition) is 33. The van der Waals surface area contributed by atoms with Crippen LogP contribution >= 0.6 is 11.8 Å². The van der Waals surface area contributed by atoms with Crippen molar-refractivity contribution in [2.75, 3.05) is 51.4 Å². The maximum absolute atomic E-state index is 14.6. The standard InChI is InChI=1S/C71H123N29O27S/c1-31(86-67(124)45(29-101)99-63(120)41(16-20-50(77)106)96-68(125)46(30-102)100-66(123)43(26-51(78)107)98-57(114)35(73)13-17-47(74)103)54(111)85-28-52(108)90-44(27-53(109)110)65(122)88-33(3)55(112)91-36(10-6-7-22-72)60(117)97-42(21-25-128-5)64(121)94-37(11-8-23-83-70(79)80)61(118)93-38(12-9-24-84-71(81)82)62(119)95-40(15-19-49(76)105)58(115)87-32(2)56(113)92-39(14-18-48(75)104)59(116)89-34(4)69(126)127/h31-46,101-102H,6-30,72-73H2,1-5H3,(H2,74,103)(H2,75,104)(H2,76,105)(H2,77,106)(H2,78,107)(H,85,111)(H,86,124)(H,87,115)(H,88,122)(H,89,116)(H,90,108)(H,91,112)(H,92,113)(H,93,118)(H,94,121)(H,95,119)(H,96,125)(H,97,117)(H,98,114)(H,99,120)(H,100,123)(H,109,110)(H,126,127)(H4,79,80,83)(H4,81,82,84)/t31-,32-,33-,34-,35-,36-,37-,38-,39-,40-,41-,42-,43-,44-,45-,46-/m0/s1. The molecule has 56 nitrogen and oxygen atoms in total. The number of aliphatic hydroxyl groups excluding tert-OH is 2. The quantitative estimate of drug-likeness (QED) is 0.0153. The average molecular weight is 1850 g/mol. The summed E-state index contributed by atoms with van der Waals surface area (Å²) in [5.74, 6) is -27.3. The van der Waals surface area contributed by atoms with E-state index in [1.165, 1.54) is 11.8 Å². The van der Waals surface area contributed by atoms with Gasteiger partial charge in [-0.3, -0.25) is 121 Å². The van der Waals surface area contributed by atoms with Gasteiger partial charge in [0.15, 0.2) is 11.9 Å². The van der Waals surface area contributed by atoms with Gasteiger partial charge in [-0.25, -0.2) is 0 Å². The lowest BCUT2D eigenvalue weighted by molar-refractivity contribution is -0.142. The second-order valence-electron chi connectivity index (χ2n) is 29.0. The van der Waals surface area contributed by atoms with Crippen LogP contribution in [0.2, 0.25) is 0 Å². The number of amides is 21. The smallest absolute Gasteiger partial charge is 0.325 e. The maximum atomic E-state index is 14.6. The number of nitrogens with one attached hydrogen (secondary N) is 20. The highest BCUT2D eigenvalue weighted by atomic mass is 32.2. The number of hydrogen-bond acceptors (Lipinski definition) is 30. The van der Waals surface area contributed by atoms with Crippen LogP contribution in [0.4, 0.5) is 0 Å². The van der Waals surface area contributed by atoms with Crippen molar-refractivity contribution in [2.24, 2.45) is 51.6 Å². The summed E-state index contributed by atoms with van der Waals surface area (Å²) in [5.41, 5.74) is 48.6. The molecule has 57 heteroatoms. The van der Waals surface area contributed by atoms with Crippen molar-refractivity contribution in [1.82, 2.24) is 95.7 Å². The number of aliphatic carboxylic acids is 2. The Morgan fingerprint density at radius 1 is 0.312 bits per heavy atom. The summed E-state index contributed by atoms with van der Waals surface area (Å²) in [7, 11) is 0. The highest BCUT2D eigenvalue weighted by molar-refractivity contribution is 7.98. The SMILES string of the molecule is CSCC[C@H](NC(=O)[C@H](CCCCN)NC(=O)[C@H](C)NC(=O)[C@H](CC(=O)O)NC(=O)CNC(=O)[C@H](C)NC(=O)[C@H](CO)NC(=O)[C@H](CCC(N)=O)NC(=O)[C@H](CO)NC(=O)[C@H](CC(N)=O)NC(=O)[C@@H](N)CCC(N)=O)C(=O)N[C@@H](CCCNC(=N)N)C(=O)N[C@@H](CCCNC(=N)N)C(=O)N[C@@H](CCC(N)=O)C(=O)N[C@@H](C)C(=O)N[C@@H](CCC(N)=O)C(=O)N[C@@H](C)C(=O)O. The van der Waals surface area contributed by atoms with Crippen LogP contribution < -0.4 is 147 Å². The predicted molar refractivity (Wildman–Crippen MR) is 448 cm³/mol. The zero-order chi connectivity index (χ0) is 97.8. The average Bonchev–Trinajstić information content (AvgIpc) is 0.856. The van der Waals surface area contributed by atoms with Crippen molar-refractivity contribution < 1.29 is 131 Å². The van der Waals surface area contributed by atoms with Crippen LogP contribution in [0.5, 0.6) is 0 Å². The molecule has 0 saturated carbocycles. The molecular formula is C71H123N29O27S. The maximum Gasteiger partial charge on any atom is 0.325 e. The fourth-order valence-corrected chi connectivity index (χ4v) is 11.5. The number of nitrogens with two attached hydrogens (primary N) is 9. The molecule has 128 heavy (non-hydrogen) atoms. The Bertz CT molecular complexity index is 3920. The Hall–Kier alpha value is -13.5. The monoisotopic (exact) mass is 1850 g/mol.